The molecule has 0 bridgehead atoms. The lowest BCUT2D eigenvalue weighted by Crippen LogP contribution is -2.03. The molecule has 16 heavy (non-hydrogen) atoms. The van der Waals surface area contributed by atoms with Crippen molar-refractivity contribution in [2.45, 2.75) is 6.54 Å². The Morgan fingerprint density at radius 1 is 1.12 bits per heavy atom. The van der Waals surface area contributed by atoms with Crippen molar-refractivity contribution in [3.05, 3.63) is 45.3 Å². The first-order valence-corrected chi connectivity index (χ1v) is 6.51. The van der Waals surface area contributed by atoms with Crippen LogP contribution < -0.4 is 5.32 Å². The van der Waals surface area contributed by atoms with Gasteiger partial charge in [0.1, 0.15) is 0 Å². The van der Waals surface area contributed by atoms with Crippen molar-refractivity contribution in [3.8, 4) is 10.4 Å². The summed E-state index contributed by atoms with van der Waals surface area (Å²) < 4.78 is 0. The number of hydrogen-bond donors (Lipinski definition) is 1. The van der Waals surface area contributed by atoms with Crippen molar-refractivity contribution in [1.29, 1.82) is 0 Å². The average Bonchev–Trinajstić information content (AvgIpc) is 2.65. The van der Waals surface area contributed by atoms with Gasteiger partial charge < -0.3 is 5.32 Å². The summed E-state index contributed by atoms with van der Waals surface area (Å²) in [5, 5.41) is 6.61. The van der Waals surface area contributed by atoms with E-state index in [4.69, 9.17) is 23.2 Å². The molecule has 0 saturated heterocycles. The van der Waals surface area contributed by atoms with E-state index >= 15 is 0 Å². The highest BCUT2D eigenvalue weighted by atomic mass is 35.5. The third-order valence-corrected chi connectivity index (χ3v) is 3.65. The second kappa shape index (κ2) is 5.19. The largest absolute Gasteiger partial charge is 0.316 e. The minimum Gasteiger partial charge on any atom is -0.316 e. The molecule has 4 heteroatoms. The van der Waals surface area contributed by atoms with Gasteiger partial charge in [-0.25, -0.2) is 0 Å². The molecule has 0 fully saturated rings. The predicted molar refractivity (Wildman–Crippen MR) is 72.5 cm³/mol. The number of halogens is 2. The molecule has 0 amide bonds. The molecule has 0 spiro atoms. The van der Waals surface area contributed by atoms with Gasteiger partial charge in [0.25, 0.3) is 0 Å². The van der Waals surface area contributed by atoms with Crippen LogP contribution in [0.2, 0.25) is 10.0 Å². The van der Waals surface area contributed by atoms with Gasteiger partial charge >= 0.3 is 0 Å². The molecule has 0 unspecified atom stereocenters. The fourth-order valence-electron chi connectivity index (χ4n) is 1.52. The third-order valence-electron chi connectivity index (χ3n) is 2.18. The van der Waals surface area contributed by atoms with Gasteiger partial charge in [-0.15, -0.1) is 11.3 Å². The number of nitrogens with one attached hydrogen (secondary N) is 1. The number of hydrogen-bond acceptors (Lipinski definition) is 2. The fraction of sp³-hybridized carbons (Fsp3) is 0.167. The number of rotatable bonds is 3. The van der Waals surface area contributed by atoms with Crippen molar-refractivity contribution in [3.63, 3.8) is 0 Å². The summed E-state index contributed by atoms with van der Waals surface area (Å²) in [6, 6.07) is 7.77. The number of benzene rings is 1. The first-order chi connectivity index (χ1) is 7.69. The van der Waals surface area contributed by atoms with Crippen LogP contribution in [0.1, 0.15) is 5.56 Å². The Kier molecular flexibility index (Phi) is 3.87. The molecular formula is C12H11Cl2NS. The van der Waals surface area contributed by atoms with Crippen LogP contribution in [0, 0.1) is 0 Å². The van der Waals surface area contributed by atoms with Gasteiger partial charge in [0, 0.05) is 21.5 Å². The van der Waals surface area contributed by atoms with E-state index in [9.17, 15) is 0 Å². The van der Waals surface area contributed by atoms with Gasteiger partial charge in [0.05, 0.1) is 0 Å². The highest BCUT2D eigenvalue weighted by Gasteiger charge is 2.04. The Morgan fingerprint density at radius 3 is 2.44 bits per heavy atom. The summed E-state index contributed by atoms with van der Waals surface area (Å²) >= 11 is 13.7. The summed E-state index contributed by atoms with van der Waals surface area (Å²) in [4.78, 5) is 1.19. The lowest BCUT2D eigenvalue weighted by molar-refractivity contribution is 0.821. The molecule has 1 aromatic carbocycles. The van der Waals surface area contributed by atoms with E-state index in [0.717, 1.165) is 12.1 Å². The molecule has 2 rings (SSSR count). The van der Waals surface area contributed by atoms with Crippen LogP contribution in [0.25, 0.3) is 10.4 Å². The maximum Gasteiger partial charge on any atom is 0.0427 e. The summed E-state index contributed by atoms with van der Waals surface area (Å²) in [5.41, 5.74) is 2.35. The summed E-state index contributed by atoms with van der Waals surface area (Å²) in [6.45, 7) is 0.880. The van der Waals surface area contributed by atoms with E-state index < -0.39 is 0 Å². The highest BCUT2D eigenvalue weighted by Crippen LogP contribution is 2.31. The third kappa shape index (κ3) is 2.77. The smallest absolute Gasteiger partial charge is 0.0427 e. The molecule has 0 radical (unpaired) electrons. The van der Waals surface area contributed by atoms with E-state index in [0.29, 0.717) is 10.0 Å². The fourth-order valence-corrected chi connectivity index (χ4v) is 2.95. The van der Waals surface area contributed by atoms with Crippen LogP contribution in [0.3, 0.4) is 0 Å². The standard InChI is InChI=1S/C12H11Cl2NS/c1-15-6-8-2-12(16-7-8)9-3-10(13)5-11(14)4-9/h2-5,7,15H,6H2,1H3. The van der Waals surface area contributed by atoms with Gasteiger partial charge in [-0.1, -0.05) is 23.2 Å². The van der Waals surface area contributed by atoms with Crippen LogP contribution in [0.4, 0.5) is 0 Å². The lowest BCUT2D eigenvalue weighted by Gasteiger charge is -1.99. The molecule has 2 aromatic rings. The Bertz CT molecular complexity index is 473. The predicted octanol–water partition coefficient (Wildman–Crippen LogP) is 4.44. The Hall–Kier alpha value is -0.540. The van der Waals surface area contributed by atoms with Crippen molar-refractivity contribution >= 4 is 34.5 Å². The van der Waals surface area contributed by atoms with Crippen molar-refractivity contribution in [2.24, 2.45) is 0 Å². The van der Waals surface area contributed by atoms with E-state index in [1.54, 1.807) is 17.4 Å². The van der Waals surface area contributed by atoms with E-state index in [1.165, 1.54) is 10.4 Å². The van der Waals surface area contributed by atoms with E-state index in [2.05, 4.69) is 16.8 Å². The maximum absolute atomic E-state index is 5.98. The second-order valence-electron chi connectivity index (χ2n) is 3.51. The maximum atomic E-state index is 5.98. The molecule has 0 aliphatic rings. The summed E-state index contributed by atoms with van der Waals surface area (Å²) in [5.74, 6) is 0. The minimum atomic E-state index is 0.672. The summed E-state index contributed by atoms with van der Waals surface area (Å²) in [6.07, 6.45) is 0. The topological polar surface area (TPSA) is 12.0 Å². The molecule has 1 nitrogen and oxygen atoms in total. The van der Waals surface area contributed by atoms with Gasteiger partial charge in [-0.2, -0.15) is 0 Å². The quantitative estimate of drug-likeness (QED) is 0.870. The zero-order chi connectivity index (χ0) is 11.5. The minimum absolute atomic E-state index is 0.672. The molecular weight excluding hydrogens is 261 g/mol. The molecule has 1 heterocycles. The molecule has 0 aliphatic carbocycles. The summed E-state index contributed by atoms with van der Waals surface area (Å²) in [7, 11) is 1.94. The van der Waals surface area contributed by atoms with Gasteiger partial charge in [0.15, 0.2) is 0 Å². The molecule has 0 aliphatic heterocycles. The second-order valence-corrected chi connectivity index (χ2v) is 5.29. The molecule has 84 valence electrons. The lowest BCUT2D eigenvalue weighted by atomic mass is 10.1. The van der Waals surface area contributed by atoms with Gasteiger partial charge in [0.2, 0.25) is 0 Å². The molecule has 1 N–H and O–H groups in total. The van der Waals surface area contributed by atoms with E-state index in [-0.39, 0.29) is 0 Å². The van der Waals surface area contributed by atoms with Crippen molar-refractivity contribution in [2.75, 3.05) is 7.05 Å². The molecule has 0 saturated carbocycles. The van der Waals surface area contributed by atoms with Crippen LogP contribution in [-0.4, -0.2) is 7.05 Å². The van der Waals surface area contributed by atoms with Crippen LogP contribution in [-0.2, 0) is 6.54 Å². The van der Waals surface area contributed by atoms with Crippen molar-refractivity contribution in [1.82, 2.24) is 5.32 Å². The first kappa shape index (κ1) is 11.9. The Balaban J connectivity index is 2.34. The average molecular weight is 272 g/mol. The SMILES string of the molecule is CNCc1csc(-c2cc(Cl)cc(Cl)c2)c1. The Morgan fingerprint density at radius 2 is 1.81 bits per heavy atom. The van der Waals surface area contributed by atoms with Crippen molar-refractivity contribution < 1.29 is 0 Å². The molecule has 0 atom stereocenters. The highest BCUT2D eigenvalue weighted by molar-refractivity contribution is 7.13. The van der Waals surface area contributed by atoms with Crippen LogP contribution in [0.15, 0.2) is 29.6 Å². The van der Waals surface area contributed by atoms with E-state index in [1.807, 2.05) is 19.2 Å². The van der Waals surface area contributed by atoms with Gasteiger partial charge in [-0.3, -0.25) is 0 Å². The van der Waals surface area contributed by atoms with Crippen LogP contribution in [0.5, 0.6) is 0 Å². The monoisotopic (exact) mass is 271 g/mol. The van der Waals surface area contributed by atoms with Crippen LogP contribution >= 0.6 is 34.5 Å². The normalized spacial score (nSPS) is 10.7. The zero-order valence-corrected chi connectivity index (χ0v) is 11.1. The zero-order valence-electron chi connectivity index (χ0n) is 8.76. The number of thiophene rings is 1. The Labute approximate surface area is 109 Å². The first-order valence-electron chi connectivity index (χ1n) is 4.87. The van der Waals surface area contributed by atoms with Gasteiger partial charge in [-0.05, 0) is 47.8 Å². The molecule has 1 aromatic heterocycles.